The maximum atomic E-state index is 14.1. The molecule has 1 heterocycles. The lowest BCUT2D eigenvalue weighted by atomic mass is 9.79. The van der Waals surface area contributed by atoms with Gasteiger partial charge in [-0.15, -0.1) is 0 Å². The van der Waals surface area contributed by atoms with Crippen molar-refractivity contribution in [2.45, 2.75) is 38.1 Å². The van der Waals surface area contributed by atoms with Gasteiger partial charge in [-0.3, -0.25) is 9.69 Å². The number of aryl methyl sites for hydroxylation is 1. The van der Waals surface area contributed by atoms with E-state index in [4.69, 9.17) is 0 Å². The second-order valence-corrected chi connectivity index (χ2v) is 8.42. The van der Waals surface area contributed by atoms with Gasteiger partial charge in [0, 0.05) is 6.54 Å². The predicted molar refractivity (Wildman–Crippen MR) is 127 cm³/mol. The highest BCUT2D eigenvalue weighted by Crippen LogP contribution is 2.38. The van der Waals surface area contributed by atoms with Gasteiger partial charge >= 0.3 is 0 Å². The fourth-order valence-electron chi connectivity index (χ4n) is 4.85. The predicted octanol–water partition coefficient (Wildman–Crippen LogP) is 5.08. The smallest absolute Gasteiger partial charge is 0.249 e. The van der Waals surface area contributed by atoms with Crippen LogP contribution in [0, 0.1) is 6.92 Å². The molecule has 3 aromatic carbocycles. The van der Waals surface area contributed by atoms with Gasteiger partial charge in [-0.1, -0.05) is 91.3 Å². The molecular weight excluding hydrogens is 380 g/mol. The average Bonchev–Trinajstić information content (AvgIpc) is 2.83. The van der Waals surface area contributed by atoms with Crippen molar-refractivity contribution in [1.82, 2.24) is 10.2 Å². The third-order valence-corrected chi connectivity index (χ3v) is 6.48. The Bertz CT molecular complexity index is 939. The second-order valence-electron chi connectivity index (χ2n) is 8.42. The van der Waals surface area contributed by atoms with Gasteiger partial charge in [0.25, 0.3) is 0 Å². The molecule has 1 aliphatic rings. The van der Waals surface area contributed by atoms with Crippen LogP contribution in [0.3, 0.4) is 0 Å². The Hall–Kier alpha value is -2.91. The fraction of sp³-hybridized carbons (Fsp3) is 0.321. The zero-order valence-electron chi connectivity index (χ0n) is 18.4. The minimum atomic E-state index is -0.811. The maximum Gasteiger partial charge on any atom is 0.249 e. The normalized spacial score (nSPS) is 14.9. The highest BCUT2D eigenvalue weighted by atomic mass is 16.2. The number of hydrogen-bond donors (Lipinski definition) is 1. The molecule has 160 valence electrons. The number of nitrogens with zero attached hydrogens (tertiary/aromatic N) is 1. The van der Waals surface area contributed by atoms with Crippen molar-refractivity contribution in [2.24, 2.45) is 0 Å². The Labute approximate surface area is 186 Å². The number of carbonyl (C=O) groups is 1. The molecule has 0 aliphatic carbocycles. The number of carbonyl (C=O) groups excluding carboxylic acids is 1. The van der Waals surface area contributed by atoms with Crippen molar-refractivity contribution in [3.05, 3.63) is 107 Å². The number of rotatable bonds is 7. The maximum absolute atomic E-state index is 14.1. The van der Waals surface area contributed by atoms with E-state index < -0.39 is 5.54 Å². The summed E-state index contributed by atoms with van der Waals surface area (Å²) in [4.78, 5) is 16.5. The quantitative estimate of drug-likeness (QED) is 0.587. The van der Waals surface area contributed by atoms with E-state index >= 15 is 0 Å². The molecule has 0 radical (unpaired) electrons. The average molecular weight is 413 g/mol. The molecule has 4 rings (SSSR count). The van der Waals surface area contributed by atoms with Crippen molar-refractivity contribution in [3.63, 3.8) is 0 Å². The molecule has 3 aromatic rings. The molecule has 3 heteroatoms. The third-order valence-electron chi connectivity index (χ3n) is 6.48. The monoisotopic (exact) mass is 412 g/mol. The molecular formula is C28H32N2O. The second kappa shape index (κ2) is 9.93. The van der Waals surface area contributed by atoms with Crippen molar-refractivity contribution >= 4 is 5.91 Å². The summed E-state index contributed by atoms with van der Waals surface area (Å²) in [5, 5.41) is 3.31. The first-order valence-corrected chi connectivity index (χ1v) is 11.4. The zero-order valence-corrected chi connectivity index (χ0v) is 18.4. The molecule has 1 saturated heterocycles. The number of hydrogen-bond acceptors (Lipinski definition) is 2. The van der Waals surface area contributed by atoms with Crippen LogP contribution in [0.25, 0.3) is 0 Å². The van der Waals surface area contributed by atoms with E-state index in [-0.39, 0.29) is 5.91 Å². The summed E-state index contributed by atoms with van der Waals surface area (Å²) in [7, 11) is 0. The third kappa shape index (κ3) is 4.42. The summed E-state index contributed by atoms with van der Waals surface area (Å²) >= 11 is 0. The van der Waals surface area contributed by atoms with Crippen LogP contribution in [0.15, 0.2) is 84.9 Å². The fourth-order valence-corrected chi connectivity index (χ4v) is 4.85. The van der Waals surface area contributed by atoms with E-state index in [9.17, 15) is 4.79 Å². The van der Waals surface area contributed by atoms with Gasteiger partial charge in [-0.25, -0.2) is 0 Å². The number of likely N-dealkylation sites (tertiary alicyclic amines) is 1. The lowest BCUT2D eigenvalue weighted by molar-refractivity contribution is -0.132. The molecule has 0 aromatic heterocycles. The topological polar surface area (TPSA) is 32.3 Å². The van der Waals surface area contributed by atoms with Crippen LogP contribution < -0.4 is 5.32 Å². The van der Waals surface area contributed by atoms with Gasteiger partial charge in [0.1, 0.15) is 0 Å². The molecule has 1 N–H and O–H groups in total. The van der Waals surface area contributed by atoms with Gasteiger partial charge < -0.3 is 5.32 Å². The van der Waals surface area contributed by atoms with Gasteiger partial charge in [0.2, 0.25) is 5.91 Å². The molecule has 1 fully saturated rings. The van der Waals surface area contributed by atoms with E-state index in [1.54, 1.807) is 0 Å². The summed E-state index contributed by atoms with van der Waals surface area (Å²) < 4.78 is 0. The Balaban J connectivity index is 1.70. The van der Waals surface area contributed by atoms with Crippen LogP contribution in [-0.2, 0) is 16.8 Å². The molecule has 1 amide bonds. The van der Waals surface area contributed by atoms with Gasteiger partial charge in [0.05, 0.1) is 0 Å². The summed E-state index contributed by atoms with van der Waals surface area (Å²) in [6.45, 7) is 4.60. The van der Waals surface area contributed by atoms with Crippen molar-refractivity contribution < 1.29 is 4.79 Å². The summed E-state index contributed by atoms with van der Waals surface area (Å²) in [6, 6.07) is 29.0. The van der Waals surface area contributed by atoms with E-state index in [0.29, 0.717) is 6.54 Å². The van der Waals surface area contributed by atoms with Crippen LogP contribution in [-0.4, -0.2) is 30.4 Å². The van der Waals surface area contributed by atoms with Crippen molar-refractivity contribution in [2.75, 3.05) is 19.6 Å². The first-order valence-electron chi connectivity index (χ1n) is 11.4. The molecule has 0 unspecified atom stereocenters. The first-order chi connectivity index (χ1) is 15.2. The molecule has 1 aliphatic heterocycles. The van der Waals surface area contributed by atoms with E-state index in [1.165, 1.54) is 17.5 Å². The molecule has 0 bridgehead atoms. The zero-order chi connectivity index (χ0) is 21.5. The Kier molecular flexibility index (Phi) is 6.83. The summed E-state index contributed by atoms with van der Waals surface area (Å²) in [5.41, 5.74) is 3.82. The number of benzene rings is 3. The number of amides is 1. The first kappa shape index (κ1) is 21.3. The summed E-state index contributed by atoms with van der Waals surface area (Å²) in [6.07, 6.45) is 4.30. The van der Waals surface area contributed by atoms with Gasteiger partial charge in [0.15, 0.2) is 5.54 Å². The number of piperidine rings is 1. The molecule has 0 saturated carbocycles. The van der Waals surface area contributed by atoms with Crippen molar-refractivity contribution in [1.29, 1.82) is 0 Å². The molecule has 0 atom stereocenters. The summed E-state index contributed by atoms with van der Waals surface area (Å²) in [5.74, 6) is 0.0698. The largest absolute Gasteiger partial charge is 0.354 e. The van der Waals surface area contributed by atoms with E-state index in [0.717, 1.165) is 43.5 Å². The lowest BCUT2D eigenvalue weighted by Gasteiger charge is -2.45. The van der Waals surface area contributed by atoms with Crippen LogP contribution in [0.2, 0.25) is 0 Å². The van der Waals surface area contributed by atoms with Crippen LogP contribution >= 0.6 is 0 Å². The van der Waals surface area contributed by atoms with E-state index in [1.807, 2.05) is 36.4 Å². The minimum Gasteiger partial charge on any atom is -0.354 e. The van der Waals surface area contributed by atoms with Crippen LogP contribution in [0.5, 0.6) is 0 Å². The Morgan fingerprint density at radius 3 is 1.94 bits per heavy atom. The molecule has 3 nitrogen and oxygen atoms in total. The number of nitrogens with one attached hydrogen (secondary N) is 1. The highest BCUT2D eigenvalue weighted by molar-refractivity contribution is 5.91. The SMILES string of the molecule is Cc1ccccc1CCNC(=O)C(c1ccccc1)(c1ccccc1)N1CCCCC1. The van der Waals surface area contributed by atoms with Crippen LogP contribution in [0.4, 0.5) is 0 Å². The molecule has 0 spiro atoms. The highest BCUT2D eigenvalue weighted by Gasteiger charge is 2.47. The standard InChI is InChI=1S/C28H32N2O/c1-23-13-9-10-14-24(23)19-20-29-27(31)28(25-15-5-2-6-16-25,26-17-7-3-8-18-26)30-21-11-4-12-22-30/h2-3,5-10,13-18H,4,11-12,19-22H2,1H3,(H,29,31). The Morgan fingerprint density at radius 2 is 1.35 bits per heavy atom. The molecule has 31 heavy (non-hydrogen) atoms. The van der Waals surface area contributed by atoms with Gasteiger partial charge in [-0.2, -0.15) is 0 Å². The minimum absolute atomic E-state index is 0.0698. The Morgan fingerprint density at radius 1 is 0.806 bits per heavy atom. The lowest BCUT2D eigenvalue weighted by Crippen LogP contribution is -2.58. The van der Waals surface area contributed by atoms with Gasteiger partial charge in [-0.05, 0) is 61.5 Å². The van der Waals surface area contributed by atoms with Crippen molar-refractivity contribution in [3.8, 4) is 0 Å². The van der Waals surface area contributed by atoms with Crippen LogP contribution in [0.1, 0.15) is 41.5 Å². The van der Waals surface area contributed by atoms with E-state index in [2.05, 4.69) is 65.7 Å².